The summed E-state index contributed by atoms with van der Waals surface area (Å²) in [4.78, 5) is 26.4. The Morgan fingerprint density at radius 1 is 1.35 bits per heavy atom. The van der Waals surface area contributed by atoms with Crippen LogP contribution >= 0.6 is 0 Å². The zero-order valence-electron chi connectivity index (χ0n) is 15.4. The Morgan fingerprint density at radius 3 is 2.73 bits per heavy atom. The molecule has 26 heavy (non-hydrogen) atoms. The number of nitrogens with two attached hydrogens (primary N) is 1. The Balaban J connectivity index is 1.91. The Kier molecular flexibility index (Phi) is 7.87. The van der Waals surface area contributed by atoms with E-state index >= 15 is 0 Å². The van der Waals surface area contributed by atoms with E-state index in [1.165, 1.54) is 0 Å². The molecular weight excluding hydrogens is 332 g/mol. The third-order valence-electron chi connectivity index (χ3n) is 4.75. The van der Waals surface area contributed by atoms with Gasteiger partial charge in [0.1, 0.15) is 0 Å². The van der Waals surface area contributed by atoms with Crippen molar-refractivity contribution in [3.63, 3.8) is 0 Å². The van der Waals surface area contributed by atoms with Crippen molar-refractivity contribution < 1.29 is 14.7 Å². The maximum Gasteiger partial charge on any atom is 0.321 e. The fourth-order valence-corrected chi connectivity index (χ4v) is 3.22. The van der Waals surface area contributed by atoms with Crippen LogP contribution in [0.2, 0.25) is 0 Å². The highest BCUT2D eigenvalue weighted by Crippen LogP contribution is 2.15. The van der Waals surface area contributed by atoms with Crippen molar-refractivity contribution in [2.45, 2.75) is 44.8 Å². The highest BCUT2D eigenvalue weighted by Gasteiger charge is 2.30. The summed E-state index contributed by atoms with van der Waals surface area (Å²) in [6, 6.07) is 8.61. The molecule has 1 aromatic carbocycles. The average molecular weight is 362 g/mol. The fraction of sp³-hybridized carbons (Fsp3) is 0.579. The van der Waals surface area contributed by atoms with E-state index in [9.17, 15) is 14.7 Å². The number of rotatable bonds is 6. The average Bonchev–Trinajstić information content (AvgIpc) is 2.82. The number of aliphatic hydroxyl groups excluding tert-OH is 1. The van der Waals surface area contributed by atoms with Crippen LogP contribution in [-0.2, 0) is 4.79 Å². The van der Waals surface area contributed by atoms with Gasteiger partial charge in [-0.05, 0) is 31.4 Å². The van der Waals surface area contributed by atoms with Crippen LogP contribution in [0.25, 0.3) is 0 Å². The first-order valence-electron chi connectivity index (χ1n) is 9.34. The standard InChI is InChI=1S/C19H30N4O3/c1-2-7-14(12-20)18(25)22-16-10-6-11-23(13-17(16)24)19(26)21-15-8-4-3-5-9-15/h3-5,8-9,14,16-17,24H,2,6-7,10-13,20H2,1H3,(H,21,26)(H,22,25)/t14-,16?,17?/m0/s1. The molecule has 2 rings (SSSR count). The minimum atomic E-state index is -0.803. The molecule has 0 saturated carbocycles. The lowest BCUT2D eigenvalue weighted by Gasteiger charge is -2.26. The van der Waals surface area contributed by atoms with E-state index in [1.807, 2.05) is 37.3 Å². The summed E-state index contributed by atoms with van der Waals surface area (Å²) >= 11 is 0. The molecule has 1 aliphatic heterocycles. The number of urea groups is 1. The van der Waals surface area contributed by atoms with E-state index in [1.54, 1.807) is 4.90 Å². The first kappa shape index (κ1) is 20.2. The summed E-state index contributed by atoms with van der Waals surface area (Å²) in [5.41, 5.74) is 6.40. The molecule has 7 heteroatoms. The maximum atomic E-state index is 12.4. The van der Waals surface area contributed by atoms with Gasteiger partial charge in [0.2, 0.25) is 5.91 Å². The first-order valence-corrected chi connectivity index (χ1v) is 9.34. The van der Waals surface area contributed by atoms with Gasteiger partial charge < -0.3 is 26.4 Å². The molecule has 0 bridgehead atoms. The molecule has 1 aliphatic rings. The van der Waals surface area contributed by atoms with Crippen molar-refractivity contribution >= 4 is 17.6 Å². The van der Waals surface area contributed by atoms with Crippen LogP contribution in [0.4, 0.5) is 10.5 Å². The van der Waals surface area contributed by atoms with Gasteiger partial charge in [0.15, 0.2) is 0 Å². The lowest BCUT2D eigenvalue weighted by Crippen LogP contribution is -2.49. The summed E-state index contributed by atoms with van der Waals surface area (Å²) in [5, 5.41) is 16.3. The molecule has 3 amide bonds. The lowest BCUT2D eigenvalue weighted by molar-refractivity contribution is -0.126. The molecule has 0 aliphatic carbocycles. The molecule has 144 valence electrons. The van der Waals surface area contributed by atoms with Crippen LogP contribution < -0.4 is 16.4 Å². The van der Waals surface area contributed by atoms with Crippen LogP contribution in [0.15, 0.2) is 30.3 Å². The van der Waals surface area contributed by atoms with Crippen LogP contribution in [0.5, 0.6) is 0 Å². The monoisotopic (exact) mass is 362 g/mol. The summed E-state index contributed by atoms with van der Waals surface area (Å²) in [6.07, 6.45) is 2.16. The molecule has 1 aromatic rings. The van der Waals surface area contributed by atoms with Gasteiger partial charge in [0, 0.05) is 18.8 Å². The molecule has 3 atom stereocenters. The number of amides is 3. The number of para-hydroxylation sites is 1. The van der Waals surface area contributed by atoms with Gasteiger partial charge in [-0.2, -0.15) is 0 Å². The number of carbonyl (C=O) groups excluding carboxylic acids is 2. The van der Waals surface area contributed by atoms with Crippen LogP contribution in [-0.4, -0.2) is 53.7 Å². The number of β-amino-alcohol motifs (C(OH)–C–C–N with tert-alkyl or cyclic N) is 1. The van der Waals surface area contributed by atoms with Crippen molar-refractivity contribution in [3.8, 4) is 0 Å². The van der Waals surface area contributed by atoms with E-state index in [0.29, 0.717) is 31.6 Å². The minimum Gasteiger partial charge on any atom is -0.389 e. The molecule has 0 aromatic heterocycles. The topological polar surface area (TPSA) is 108 Å². The maximum absolute atomic E-state index is 12.4. The van der Waals surface area contributed by atoms with Gasteiger partial charge in [-0.1, -0.05) is 31.5 Å². The molecule has 7 nitrogen and oxygen atoms in total. The third kappa shape index (κ3) is 5.71. The zero-order chi connectivity index (χ0) is 18.9. The number of hydrogen-bond donors (Lipinski definition) is 4. The van der Waals surface area contributed by atoms with E-state index in [4.69, 9.17) is 5.73 Å². The second kappa shape index (κ2) is 10.1. The smallest absolute Gasteiger partial charge is 0.321 e. The van der Waals surface area contributed by atoms with E-state index in [2.05, 4.69) is 10.6 Å². The summed E-state index contributed by atoms with van der Waals surface area (Å²) in [7, 11) is 0. The molecule has 1 saturated heterocycles. The number of carbonyl (C=O) groups is 2. The number of anilines is 1. The minimum absolute atomic E-state index is 0.111. The quantitative estimate of drug-likeness (QED) is 0.615. The van der Waals surface area contributed by atoms with Crippen LogP contribution in [0.1, 0.15) is 32.6 Å². The normalized spacial score (nSPS) is 21.6. The van der Waals surface area contributed by atoms with Gasteiger partial charge in [-0.25, -0.2) is 4.79 Å². The molecule has 1 heterocycles. The number of benzene rings is 1. The zero-order valence-corrected chi connectivity index (χ0v) is 15.4. The van der Waals surface area contributed by atoms with Crippen LogP contribution in [0.3, 0.4) is 0 Å². The van der Waals surface area contributed by atoms with Gasteiger partial charge in [-0.3, -0.25) is 4.79 Å². The molecule has 2 unspecified atom stereocenters. The predicted molar refractivity (Wildman–Crippen MR) is 102 cm³/mol. The Bertz CT molecular complexity index is 581. The number of hydrogen-bond acceptors (Lipinski definition) is 4. The summed E-state index contributed by atoms with van der Waals surface area (Å²) in [6.45, 7) is 3.04. The van der Waals surface area contributed by atoms with Crippen molar-refractivity contribution in [3.05, 3.63) is 30.3 Å². The van der Waals surface area contributed by atoms with E-state index in [-0.39, 0.29) is 30.4 Å². The summed E-state index contributed by atoms with van der Waals surface area (Å²) < 4.78 is 0. The van der Waals surface area contributed by atoms with Gasteiger partial charge in [-0.15, -0.1) is 0 Å². The Labute approximate surface area is 154 Å². The van der Waals surface area contributed by atoms with E-state index in [0.717, 1.165) is 12.8 Å². The van der Waals surface area contributed by atoms with Gasteiger partial charge >= 0.3 is 6.03 Å². The second-order valence-corrected chi connectivity index (χ2v) is 6.79. The number of nitrogens with zero attached hydrogens (tertiary/aromatic N) is 1. The Hall–Kier alpha value is -2.12. The van der Waals surface area contributed by atoms with Gasteiger partial charge in [0.05, 0.1) is 24.6 Å². The second-order valence-electron chi connectivity index (χ2n) is 6.79. The largest absolute Gasteiger partial charge is 0.389 e. The SMILES string of the molecule is CCC[C@@H](CN)C(=O)NC1CCCN(C(=O)Nc2ccccc2)CC1O. The fourth-order valence-electron chi connectivity index (χ4n) is 3.22. The molecule has 1 fully saturated rings. The third-order valence-corrected chi connectivity index (χ3v) is 4.75. The van der Waals surface area contributed by atoms with Crippen molar-refractivity contribution in [1.29, 1.82) is 0 Å². The molecule has 5 N–H and O–H groups in total. The first-order chi connectivity index (χ1) is 12.5. The van der Waals surface area contributed by atoms with Crippen molar-refractivity contribution in [2.24, 2.45) is 11.7 Å². The number of nitrogens with one attached hydrogen (secondary N) is 2. The van der Waals surface area contributed by atoms with E-state index < -0.39 is 6.10 Å². The number of aliphatic hydroxyl groups is 1. The highest BCUT2D eigenvalue weighted by molar-refractivity contribution is 5.89. The number of likely N-dealkylation sites (tertiary alicyclic amines) is 1. The molecule has 0 radical (unpaired) electrons. The Morgan fingerprint density at radius 2 is 2.08 bits per heavy atom. The highest BCUT2D eigenvalue weighted by atomic mass is 16.3. The lowest BCUT2D eigenvalue weighted by atomic mass is 10.0. The van der Waals surface area contributed by atoms with Gasteiger partial charge in [0.25, 0.3) is 0 Å². The van der Waals surface area contributed by atoms with Crippen molar-refractivity contribution in [1.82, 2.24) is 10.2 Å². The predicted octanol–water partition coefficient (Wildman–Crippen LogP) is 1.53. The summed E-state index contributed by atoms with van der Waals surface area (Å²) in [5.74, 6) is -0.339. The molecule has 0 spiro atoms. The van der Waals surface area contributed by atoms with Crippen LogP contribution in [0, 0.1) is 5.92 Å². The molecular formula is C19H30N4O3. The van der Waals surface area contributed by atoms with Crippen molar-refractivity contribution in [2.75, 3.05) is 25.0 Å².